The van der Waals surface area contributed by atoms with Gasteiger partial charge in [0.05, 0.1) is 13.7 Å². The zero-order valence-electron chi connectivity index (χ0n) is 15.7. The van der Waals surface area contributed by atoms with E-state index >= 15 is 0 Å². The fraction of sp³-hybridized carbons (Fsp3) is 0.455. The largest absolute Gasteiger partial charge is 0.497 e. The Balaban J connectivity index is 1.87. The molecule has 1 atom stereocenters. The molecule has 2 aromatic carbocycles. The Bertz CT molecular complexity index is 607. The van der Waals surface area contributed by atoms with Crippen molar-refractivity contribution in [3.63, 3.8) is 0 Å². The lowest BCUT2D eigenvalue weighted by Crippen LogP contribution is -2.82. The van der Waals surface area contributed by atoms with Crippen molar-refractivity contribution in [1.29, 1.82) is 0 Å². The quantitative estimate of drug-likeness (QED) is 0.631. The van der Waals surface area contributed by atoms with Gasteiger partial charge in [0.15, 0.2) is 0 Å². The Hall–Kier alpha value is -1.87. The zero-order valence-corrected chi connectivity index (χ0v) is 15.7. The minimum atomic E-state index is -0.169. The monoisotopic (exact) mass is 344 g/mol. The summed E-state index contributed by atoms with van der Waals surface area (Å²) in [6, 6.07) is 15.3. The number of ether oxygens (including phenoxy) is 1. The standard InChI is InChI=1S/C22H30FNO/c1-17(2)4-7-20(19-8-12-22(25-3)13-9-19)14-15-24-16-18-5-10-21(23)11-6-18/h5-6,8-13,17,20,24H,4,7,14-16H2,1-3H3/p+1/t20-/m1/s1. The molecule has 0 bridgehead atoms. The van der Waals surface area contributed by atoms with E-state index in [2.05, 4.69) is 43.4 Å². The maximum atomic E-state index is 13.0. The van der Waals surface area contributed by atoms with Crippen LogP contribution in [-0.4, -0.2) is 13.7 Å². The van der Waals surface area contributed by atoms with Gasteiger partial charge in [-0.15, -0.1) is 0 Å². The smallest absolute Gasteiger partial charge is 0.123 e. The molecule has 0 aliphatic carbocycles. The predicted molar refractivity (Wildman–Crippen MR) is 101 cm³/mol. The first kappa shape index (κ1) is 19.5. The third-order valence-corrected chi connectivity index (χ3v) is 4.69. The number of nitrogens with two attached hydrogens (primary N) is 1. The van der Waals surface area contributed by atoms with Gasteiger partial charge in [-0.05, 0) is 48.1 Å². The number of rotatable bonds is 10. The fourth-order valence-electron chi connectivity index (χ4n) is 3.10. The summed E-state index contributed by atoms with van der Waals surface area (Å²) >= 11 is 0. The molecule has 0 saturated heterocycles. The molecule has 136 valence electrons. The third-order valence-electron chi connectivity index (χ3n) is 4.69. The lowest BCUT2D eigenvalue weighted by molar-refractivity contribution is -0.671. The maximum absolute atomic E-state index is 13.0. The molecule has 2 rings (SSSR count). The van der Waals surface area contributed by atoms with Crippen molar-refractivity contribution in [3.05, 3.63) is 65.5 Å². The molecule has 0 saturated carbocycles. The topological polar surface area (TPSA) is 25.8 Å². The third kappa shape index (κ3) is 6.87. The van der Waals surface area contributed by atoms with Crippen LogP contribution in [0.2, 0.25) is 0 Å². The van der Waals surface area contributed by atoms with Gasteiger partial charge in [-0.3, -0.25) is 0 Å². The Morgan fingerprint density at radius 1 is 0.920 bits per heavy atom. The summed E-state index contributed by atoms with van der Waals surface area (Å²) in [6.45, 7) is 6.55. The van der Waals surface area contributed by atoms with Crippen LogP contribution in [0.15, 0.2) is 48.5 Å². The van der Waals surface area contributed by atoms with E-state index in [9.17, 15) is 4.39 Å². The molecule has 2 aromatic rings. The maximum Gasteiger partial charge on any atom is 0.123 e. The van der Waals surface area contributed by atoms with E-state index in [1.165, 1.54) is 36.1 Å². The average Bonchev–Trinajstić information content (AvgIpc) is 2.62. The highest BCUT2D eigenvalue weighted by atomic mass is 19.1. The molecular weight excluding hydrogens is 313 g/mol. The number of methoxy groups -OCH3 is 1. The van der Waals surface area contributed by atoms with Gasteiger partial charge < -0.3 is 10.1 Å². The summed E-state index contributed by atoms with van der Waals surface area (Å²) in [5.74, 6) is 2.05. The number of halogens is 1. The molecule has 0 aromatic heterocycles. The first-order valence-corrected chi connectivity index (χ1v) is 9.28. The normalized spacial score (nSPS) is 12.4. The zero-order chi connectivity index (χ0) is 18.1. The van der Waals surface area contributed by atoms with E-state index in [1.807, 2.05) is 12.1 Å². The highest BCUT2D eigenvalue weighted by molar-refractivity contribution is 5.29. The van der Waals surface area contributed by atoms with Crippen molar-refractivity contribution in [2.75, 3.05) is 13.7 Å². The Morgan fingerprint density at radius 3 is 2.20 bits per heavy atom. The average molecular weight is 344 g/mol. The Labute approximate surface area is 151 Å². The summed E-state index contributed by atoms with van der Waals surface area (Å²) in [7, 11) is 1.70. The van der Waals surface area contributed by atoms with Crippen molar-refractivity contribution in [1.82, 2.24) is 0 Å². The number of quaternary nitrogens is 1. The van der Waals surface area contributed by atoms with E-state index in [0.717, 1.165) is 31.2 Å². The van der Waals surface area contributed by atoms with Crippen molar-refractivity contribution >= 4 is 0 Å². The van der Waals surface area contributed by atoms with Gasteiger partial charge in [0.25, 0.3) is 0 Å². The van der Waals surface area contributed by atoms with E-state index in [0.29, 0.717) is 5.92 Å². The van der Waals surface area contributed by atoms with Crippen molar-refractivity contribution in [2.24, 2.45) is 5.92 Å². The van der Waals surface area contributed by atoms with E-state index in [4.69, 9.17) is 4.74 Å². The molecule has 0 aliphatic heterocycles. The fourth-order valence-corrected chi connectivity index (χ4v) is 3.10. The molecule has 2 nitrogen and oxygen atoms in total. The van der Waals surface area contributed by atoms with Crippen LogP contribution in [0.1, 0.15) is 50.2 Å². The van der Waals surface area contributed by atoms with Gasteiger partial charge in [0, 0.05) is 12.0 Å². The summed E-state index contributed by atoms with van der Waals surface area (Å²) < 4.78 is 18.2. The molecule has 2 N–H and O–H groups in total. The molecule has 25 heavy (non-hydrogen) atoms. The van der Waals surface area contributed by atoms with Crippen molar-refractivity contribution < 1.29 is 14.4 Å². The molecule has 0 radical (unpaired) electrons. The summed E-state index contributed by atoms with van der Waals surface area (Å²) in [6.07, 6.45) is 3.61. The summed E-state index contributed by atoms with van der Waals surface area (Å²) in [5, 5.41) is 2.32. The number of benzene rings is 2. The van der Waals surface area contributed by atoms with Crippen LogP contribution in [0.5, 0.6) is 5.75 Å². The second kappa shape index (κ2) is 10.2. The Morgan fingerprint density at radius 2 is 1.60 bits per heavy atom. The highest BCUT2D eigenvalue weighted by Crippen LogP contribution is 2.27. The van der Waals surface area contributed by atoms with E-state index in [-0.39, 0.29) is 5.82 Å². The number of hydrogen-bond donors (Lipinski definition) is 1. The van der Waals surface area contributed by atoms with Crippen molar-refractivity contribution in [2.45, 2.75) is 45.6 Å². The first-order chi connectivity index (χ1) is 12.1. The van der Waals surface area contributed by atoms with Crippen LogP contribution < -0.4 is 10.1 Å². The predicted octanol–water partition coefficient (Wildman–Crippen LogP) is 4.51. The second-order valence-corrected chi connectivity index (χ2v) is 7.14. The SMILES string of the molecule is COc1ccc([C@@H](CC[NH2+]Cc2ccc(F)cc2)CCC(C)C)cc1. The lowest BCUT2D eigenvalue weighted by Gasteiger charge is -2.18. The number of hydrogen-bond acceptors (Lipinski definition) is 1. The molecular formula is C22H31FNO+. The molecule has 0 heterocycles. The second-order valence-electron chi connectivity index (χ2n) is 7.14. The Kier molecular flexibility index (Phi) is 7.93. The van der Waals surface area contributed by atoms with Crippen LogP contribution in [-0.2, 0) is 6.54 Å². The molecule has 3 heteroatoms. The van der Waals surface area contributed by atoms with Gasteiger partial charge in [0.2, 0.25) is 0 Å². The van der Waals surface area contributed by atoms with Crippen LogP contribution in [0.4, 0.5) is 4.39 Å². The van der Waals surface area contributed by atoms with Gasteiger partial charge >= 0.3 is 0 Å². The molecule has 0 spiro atoms. The van der Waals surface area contributed by atoms with Gasteiger partial charge in [-0.2, -0.15) is 0 Å². The highest BCUT2D eigenvalue weighted by Gasteiger charge is 2.13. The summed E-state index contributed by atoms with van der Waals surface area (Å²) in [4.78, 5) is 0. The van der Waals surface area contributed by atoms with Gasteiger partial charge in [0.1, 0.15) is 18.1 Å². The van der Waals surface area contributed by atoms with E-state index in [1.54, 1.807) is 7.11 Å². The molecule has 0 fully saturated rings. The molecule has 0 unspecified atom stereocenters. The van der Waals surface area contributed by atoms with Crippen LogP contribution in [0, 0.1) is 11.7 Å². The minimum Gasteiger partial charge on any atom is -0.497 e. The first-order valence-electron chi connectivity index (χ1n) is 9.28. The van der Waals surface area contributed by atoms with Crippen molar-refractivity contribution in [3.8, 4) is 5.75 Å². The van der Waals surface area contributed by atoms with E-state index < -0.39 is 0 Å². The summed E-state index contributed by atoms with van der Waals surface area (Å²) in [5.41, 5.74) is 2.57. The van der Waals surface area contributed by atoms with Crippen LogP contribution >= 0.6 is 0 Å². The van der Waals surface area contributed by atoms with Crippen LogP contribution in [0.3, 0.4) is 0 Å². The molecule has 0 aliphatic rings. The minimum absolute atomic E-state index is 0.169. The lowest BCUT2D eigenvalue weighted by atomic mass is 9.88. The van der Waals surface area contributed by atoms with Gasteiger partial charge in [-0.1, -0.05) is 44.5 Å². The van der Waals surface area contributed by atoms with Gasteiger partial charge in [-0.25, -0.2) is 4.39 Å². The molecule has 0 amide bonds. The van der Waals surface area contributed by atoms with Crippen LogP contribution in [0.25, 0.3) is 0 Å².